The molecule has 4 heteroatoms. The molecular weight excluding hydrogens is 206 g/mol. The van der Waals surface area contributed by atoms with Gasteiger partial charge in [-0.15, -0.1) is 5.10 Å². The average Bonchev–Trinajstić information content (AvgIpc) is 2.93. The quantitative estimate of drug-likeness (QED) is 0.849. The molecule has 0 amide bonds. The van der Waals surface area contributed by atoms with Crippen LogP contribution in [0.3, 0.4) is 0 Å². The molecule has 15 heavy (non-hydrogen) atoms. The number of fused-ring (bicyclic) bond motifs is 2. The van der Waals surface area contributed by atoms with E-state index in [0.717, 1.165) is 30.0 Å². The molecule has 3 rings (SSSR count). The minimum atomic E-state index is 0.893. The summed E-state index contributed by atoms with van der Waals surface area (Å²) in [6.45, 7) is 2.07. The van der Waals surface area contributed by atoms with Gasteiger partial charge in [-0.1, -0.05) is 10.9 Å². The van der Waals surface area contributed by atoms with Gasteiger partial charge in [0.05, 0.1) is 5.69 Å². The van der Waals surface area contributed by atoms with Crippen molar-refractivity contribution in [1.82, 2.24) is 14.9 Å². The van der Waals surface area contributed by atoms with Gasteiger partial charge in [-0.3, -0.25) is 0 Å². The fraction of sp³-hybridized carbons (Fsp3) is 0.818. The first-order valence-electron chi connectivity index (χ1n) is 5.88. The highest BCUT2D eigenvalue weighted by Crippen LogP contribution is 2.47. The van der Waals surface area contributed by atoms with Crippen LogP contribution in [-0.4, -0.2) is 16.1 Å². The van der Waals surface area contributed by atoms with Crippen LogP contribution in [0.5, 0.6) is 0 Å². The highest BCUT2D eigenvalue weighted by Gasteiger charge is 2.38. The van der Waals surface area contributed by atoms with Crippen LogP contribution < -0.4 is 5.32 Å². The second-order valence-corrected chi connectivity index (χ2v) is 5.57. The Morgan fingerprint density at radius 3 is 3.07 bits per heavy atom. The predicted octanol–water partition coefficient (Wildman–Crippen LogP) is 2.06. The molecule has 0 aromatic carbocycles. The topological polar surface area (TPSA) is 37.8 Å². The third-order valence-corrected chi connectivity index (χ3v) is 4.56. The molecule has 3 nitrogen and oxygen atoms in total. The summed E-state index contributed by atoms with van der Waals surface area (Å²) in [6, 6.07) is 0. The zero-order chi connectivity index (χ0) is 10.1. The first-order valence-corrected chi connectivity index (χ1v) is 6.72. The van der Waals surface area contributed by atoms with Gasteiger partial charge in [0.15, 0.2) is 0 Å². The van der Waals surface area contributed by atoms with E-state index in [-0.39, 0.29) is 0 Å². The molecule has 1 heterocycles. The van der Waals surface area contributed by atoms with Crippen LogP contribution >= 0.6 is 11.5 Å². The van der Waals surface area contributed by atoms with Crippen molar-refractivity contribution in [2.75, 3.05) is 6.54 Å². The summed E-state index contributed by atoms with van der Waals surface area (Å²) >= 11 is 1.43. The summed E-state index contributed by atoms with van der Waals surface area (Å²) in [5, 5.41) is 9.57. The molecule has 1 N–H and O–H groups in total. The van der Waals surface area contributed by atoms with E-state index < -0.39 is 0 Å². The molecule has 0 spiro atoms. The molecule has 2 aliphatic rings. The molecule has 2 bridgehead atoms. The minimum Gasteiger partial charge on any atom is -0.311 e. The number of rotatable bonds is 4. The Bertz CT molecular complexity index is 312. The van der Waals surface area contributed by atoms with Crippen LogP contribution in [0.15, 0.2) is 5.38 Å². The van der Waals surface area contributed by atoms with Crippen LogP contribution in [-0.2, 0) is 6.54 Å². The molecule has 2 aliphatic carbocycles. The smallest absolute Gasteiger partial charge is 0.0893 e. The third-order valence-electron chi connectivity index (χ3n) is 4.00. The number of nitrogens with one attached hydrogen (secondary N) is 1. The van der Waals surface area contributed by atoms with E-state index in [4.69, 9.17) is 0 Å². The van der Waals surface area contributed by atoms with E-state index in [0.29, 0.717) is 0 Å². The number of nitrogens with zero attached hydrogens (tertiary/aromatic N) is 2. The van der Waals surface area contributed by atoms with Gasteiger partial charge in [0, 0.05) is 11.9 Å². The normalized spacial score (nSPS) is 33.7. The third kappa shape index (κ3) is 2.06. The highest BCUT2D eigenvalue weighted by molar-refractivity contribution is 7.03. The minimum absolute atomic E-state index is 0.893. The monoisotopic (exact) mass is 223 g/mol. The van der Waals surface area contributed by atoms with E-state index >= 15 is 0 Å². The van der Waals surface area contributed by atoms with Crippen molar-refractivity contribution >= 4 is 11.5 Å². The molecule has 3 unspecified atom stereocenters. The summed E-state index contributed by atoms with van der Waals surface area (Å²) in [7, 11) is 0. The van der Waals surface area contributed by atoms with Crippen LogP contribution in [0.1, 0.15) is 31.4 Å². The van der Waals surface area contributed by atoms with E-state index in [9.17, 15) is 0 Å². The van der Waals surface area contributed by atoms with Gasteiger partial charge in [-0.05, 0) is 55.1 Å². The second kappa shape index (κ2) is 4.18. The lowest BCUT2D eigenvalue weighted by Gasteiger charge is -2.21. The molecule has 0 saturated heterocycles. The maximum absolute atomic E-state index is 4.03. The van der Waals surface area contributed by atoms with Crippen LogP contribution in [0.2, 0.25) is 0 Å². The molecular formula is C11H17N3S. The summed E-state index contributed by atoms with van der Waals surface area (Å²) < 4.78 is 3.86. The lowest BCUT2D eigenvalue weighted by molar-refractivity contribution is 0.318. The number of hydrogen-bond acceptors (Lipinski definition) is 4. The Balaban J connectivity index is 1.43. The Kier molecular flexibility index (Phi) is 2.71. The summed E-state index contributed by atoms with van der Waals surface area (Å²) in [6.07, 6.45) is 5.95. The Labute approximate surface area is 94.4 Å². The zero-order valence-corrected chi connectivity index (χ0v) is 9.67. The molecule has 0 radical (unpaired) electrons. The van der Waals surface area contributed by atoms with Crippen LogP contribution in [0.25, 0.3) is 0 Å². The van der Waals surface area contributed by atoms with E-state index in [1.807, 2.05) is 5.38 Å². The standard InChI is InChI=1S/C11H17N3S/c1-2-9-3-8(1)4-10(9)5-12-6-11-7-15-14-13-11/h7-10,12H,1-6H2. The van der Waals surface area contributed by atoms with Crippen molar-refractivity contribution in [3.05, 3.63) is 11.1 Å². The summed E-state index contributed by atoms with van der Waals surface area (Å²) in [5.41, 5.74) is 1.09. The Morgan fingerprint density at radius 2 is 2.40 bits per heavy atom. The second-order valence-electron chi connectivity index (χ2n) is 4.96. The van der Waals surface area contributed by atoms with Crippen LogP contribution in [0, 0.1) is 17.8 Å². The van der Waals surface area contributed by atoms with E-state index in [1.165, 1.54) is 43.8 Å². The van der Waals surface area contributed by atoms with Gasteiger partial charge >= 0.3 is 0 Å². The summed E-state index contributed by atoms with van der Waals surface area (Å²) in [4.78, 5) is 0. The molecule has 2 fully saturated rings. The first kappa shape index (κ1) is 9.73. The number of aromatic nitrogens is 2. The molecule has 2 saturated carbocycles. The van der Waals surface area contributed by atoms with Gasteiger partial charge in [0.2, 0.25) is 0 Å². The Morgan fingerprint density at radius 1 is 1.40 bits per heavy atom. The molecule has 3 atom stereocenters. The van der Waals surface area contributed by atoms with Crippen molar-refractivity contribution in [1.29, 1.82) is 0 Å². The van der Waals surface area contributed by atoms with E-state index in [2.05, 4.69) is 14.9 Å². The lowest BCUT2D eigenvalue weighted by Crippen LogP contribution is -2.26. The van der Waals surface area contributed by atoms with Crippen molar-refractivity contribution in [2.24, 2.45) is 17.8 Å². The van der Waals surface area contributed by atoms with Gasteiger partial charge in [0.25, 0.3) is 0 Å². The predicted molar refractivity (Wildman–Crippen MR) is 60.6 cm³/mol. The Hall–Kier alpha value is -0.480. The highest BCUT2D eigenvalue weighted by atomic mass is 32.1. The van der Waals surface area contributed by atoms with Crippen LogP contribution in [0.4, 0.5) is 0 Å². The van der Waals surface area contributed by atoms with Crippen molar-refractivity contribution in [3.8, 4) is 0 Å². The average molecular weight is 223 g/mol. The van der Waals surface area contributed by atoms with Crippen molar-refractivity contribution < 1.29 is 0 Å². The van der Waals surface area contributed by atoms with Gasteiger partial charge in [-0.2, -0.15) is 0 Å². The molecule has 1 aromatic heterocycles. The SMILES string of the molecule is c1snnc1CNCC1CC2CCC1C2. The van der Waals surface area contributed by atoms with Crippen molar-refractivity contribution in [2.45, 2.75) is 32.2 Å². The number of hydrogen-bond donors (Lipinski definition) is 1. The molecule has 82 valence electrons. The maximum Gasteiger partial charge on any atom is 0.0893 e. The first-order chi connectivity index (χ1) is 7.42. The fourth-order valence-electron chi connectivity index (χ4n) is 3.27. The molecule has 1 aromatic rings. The lowest BCUT2D eigenvalue weighted by atomic mass is 9.89. The zero-order valence-electron chi connectivity index (χ0n) is 8.85. The summed E-state index contributed by atoms with van der Waals surface area (Å²) in [5.74, 6) is 3.02. The fourth-order valence-corrected chi connectivity index (χ4v) is 3.72. The van der Waals surface area contributed by atoms with Gasteiger partial charge in [-0.25, -0.2) is 0 Å². The van der Waals surface area contributed by atoms with E-state index in [1.54, 1.807) is 0 Å². The largest absolute Gasteiger partial charge is 0.311 e. The van der Waals surface area contributed by atoms with Crippen molar-refractivity contribution in [3.63, 3.8) is 0 Å². The van der Waals surface area contributed by atoms with Gasteiger partial charge in [0.1, 0.15) is 0 Å². The maximum atomic E-state index is 4.03. The van der Waals surface area contributed by atoms with Gasteiger partial charge < -0.3 is 5.32 Å². The molecule has 0 aliphatic heterocycles.